The minimum atomic E-state index is -5.38. The molecule has 1 fully saturated rings. The normalized spacial score (nSPS) is 22.5. The highest BCUT2D eigenvalue weighted by atomic mass is 31.2. The van der Waals surface area contributed by atoms with Crippen molar-refractivity contribution in [2.24, 2.45) is 0 Å². The molecule has 0 radical (unpaired) electrons. The summed E-state index contributed by atoms with van der Waals surface area (Å²) in [5, 5.41) is 51.4. The maximum absolute atomic E-state index is 13.0. The molecule has 9 atom stereocenters. The Bertz CT molecular complexity index is 1530. The first-order chi connectivity index (χ1) is 31.5. The largest absolute Gasteiger partial charge is 0.472 e. The van der Waals surface area contributed by atoms with Gasteiger partial charge in [-0.05, 0) is 70.6 Å². The number of esters is 2. The maximum atomic E-state index is 13.0. The molecular weight excluding hydrogens is 898 g/mol. The third kappa shape index (κ3) is 31.7. The van der Waals surface area contributed by atoms with Crippen LogP contribution in [0.25, 0.3) is 0 Å². The van der Waals surface area contributed by atoms with Crippen LogP contribution in [0.4, 0.5) is 0 Å². The highest BCUT2D eigenvalue weighted by Gasteiger charge is 2.54. The number of phosphoric ester groups is 2. The third-order valence-corrected chi connectivity index (χ3v) is 12.1. The van der Waals surface area contributed by atoms with Gasteiger partial charge in [-0.1, -0.05) is 139 Å². The monoisotopic (exact) mass is 981 g/mol. The number of unbranched alkanes of at least 4 members (excludes halogenated alkanes) is 15. The van der Waals surface area contributed by atoms with E-state index in [2.05, 4.69) is 42.7 Å². The lowest BCUT2D eigenvalue weighted by atomic mass is 9.85. The number of aliphatic hydroxyl groups excluding tert-OH is 5. The molecule has 0 heterocycles. The van der Waals surface area contributed by atoms with Crippen molar-refractivity contribution in [2.45, 2.75) is 210 Å². The van der Waals surface area contributed by atoms with E-state index in [0.717, 1.165) is 64.2 Å². The van der Waals surface area contributed by atoms with Crippen LogP contribution in [0.3, 0.4) is 0 Å². The first-order valence-corrected chi connectivity index (χ1v) is 27.0. The SMILES string of the molecule is CCCCC/C=C\C/C=C\CC(O)/C=C\C=C\CCCC(=O)O[C@H](COC(=O)CCCCCCCCC/C=C\CCCCCC)COP(=O)(O)O[C@H]1C(O)C(O)C(O)[C@@H](OP(=O)(O)O)C1O. The lowest BCUT2D eigenvalue weighted by Gasteiger charge is -2.43. The van der Waals surface area contributed by atoms with Crippen LogP contribution in [0, 0.1) is 0 Å². The van der Waals surface area contributed by atoms with Crippen LogP contribution in [-0.2, 0) is 41.8 Å². The first kappa shape index (κ1) is 61.7. The fourth-order valence-electron chi connectivity index (χ4n) is 6.86. The smallest absolute Gasteiger partial charge is 0.462 e. The van der Waals surface area contributed by atoms with Gasteiger partial charge in [-0.15, -0.1) is 0 Å². The second-order valence-electron chi connectivity index (χ2n) is 16.7. The predicted octanol–water partition coefficient (Wildman–Crippen LogP) is 8.03. The minimum Gasteiger partial charge on any atom is -0.462 e. The van der Waals surface area contributed by atoms with E-state index in [0.29, 0.717) is 25.7 Å². The Labute approximate surface area is 392 Å². The average molecular weight is 981 g/mol. The first-order valence-electron chi connectivity index (χ1n) is 23.9. The number of carbonyl (C=O) groups is 2. The molecule has 382 valence electrons. The van der Waals surface area contributed by atoms with Crippen LogP contribution in [0.2, 0.25) is 0 Å². The summed E-state index contributed by atoms with van der Waals surface area (Å²) in [5.74, 6) is -1.34. The minimum absolute atomic E-state index is 0.0843. The van der Waals surface area contributed by atoms with E-state index in [9.17, 15) is 58.9 Å². The van der Waals surface area contributed by atoms with E-state index in [1.165, 1.54) is 44.9 Å². The van der Waals surface area contributed by atoms with Gasteiger partial charge >= 0.3 is 27.6 Å². The molecule has 66 heavy (non-hydrogen) atoms. The Morgan fingerprint density at radius 2 is 1.08 bits per heavy atom. The van der Waals surface area contributed by atoms with Crippen molar-refractivity contribution in [3.8, 4) is 0 Å². The molecular formula is C47H82O17P2. The molecule has 0 bridgehead atoms. The average Bonchev–Trinajstić information content (AvgIpc) is 3.27. The van der Waals surface area contributed by atoms with E-state index in [-0.39, 0.29) is 12.8 Å². The third-order valence-electron chi connectivity index (χ3n) is 10.6. The summed E-state index contributed by atoms with van der Waals surface area (Å²) in [7, 11) is -10.7. The number of hydrogen-bond donors (Lipinski definition) is 8. The van der Waals surface area contributed by atoms with Crippen molar-refractivity contribution in [2.75, 3.05) is 13.2 Å². The molecule has 1 aliphatic carbocycles. The lowest BCUT2D eigenvalue weighted by Crippen LogP contribution is -2.64. The Balaban J connectivity index is 2.68. The van der Waals surface area contributed by atoms with Gasteiger partial charge in [0.25, 0.3) is 0 Å². The van der Waals surface area contributed by atoms with E-state index in [4.69, 9.17) is 18.5 Å². The number of allylic oxidation sites excluding steroid dienone is 8. The van der Waals surface area contributed by atoms with E-state index in [1.807, 2.05) is 12.2 Å². The van der Waals surface area contributed by atoms with Gasteiger partial charge in [-0.2, -0.15) is 0 Å². The molecule has 17 nitrogen and oxygen atoms in total. The summed E-state index contributed by atoms with van der Waals surface area (Å²) in [6, 6.07) is 0. The molecule has 0 spiro atoms. The molecule has 8 N–H and O–H groups in total. The molecule has 0 aromatic carbocycles. The summed E-state index contributed by atoms with van der Waals surface area (Å²) >= 11 is 0. The Morgan fingerprint density at radius 1 is 0.561 bits per heavy atom. The van der Waals surface area contributed by atoms with Gasteiger partial charge in [0.1, 0.15) is 43.2 Å². The van der Waals surface area contributed by atoms with Crippen molar-refractivity contribution in [3.63, 3.8) is 0 Å². The molecule has 1 saturated carbocycles. The predicted molar refractivity (Wildman–Crippen MR) is 252 cm³/mol. The summed E-state index contributed by atoms with van der Waals surface area (Å²) in [5.41, 5.74) is 0. The molecule has 0 aromatic rings. The van der Waals surface area contributed by atoms with Crippen molar-refractivity contribution in [1.29, 1.82) is 0 Å². The number of rotatable bonds is 39. The fraction of sp³-hybridized carbons (Fsp3) is 0.745. The van der Waals surface area contributed by atoms with Crippen LogP contribution in [0.15, 0.2) is 60.8 Å². The molecule has 0 aliphatic heterocycles. The zero-order valence-corrected chi connectivity index (χ0v) is 41.0. The van der Waals surface area contributed by atoms with Crippen LogP contribution < -0.4 is 0 Å². The number of ether oxygens (including phenoxy) is 2. The standard InChI is InChI=1S/C47H82O17P2/c1-3-5-7-9-11-13-14-15-16-17-18-20-22-26-30-34-40(49)60-36-39(37-61-66(58,59)64-47-44(53)42(51)43(52)46(45(47)54)63-65(55,56)57)62-41(50)35-31-27-23-25-29-33-38(48)32-28-24-21-19-12-10-8-6-4-2/h12-14,19,23-25,28-29,33,38-39,42-48,51-54H,3-11,15-18,20-22,26-27,30-32,34-37H2,1-2H3,(H,58,59)(H2,55,56,57)/b14-13-,19-12-,25-23+,28-24-,33-29-/t38?,39-,42?,43?,44?,45?,46-,47+/m1/s1. The number of carbonyl (C=O) groups excluding carboxylic acids is 2. The van der Waals surface area contributed by atoms with Gasteiger partial charge in [0, 0.05) is 12.8 Å². The summed E-state index contributed by atoms with van der Waals surface area (Å²) in [6.07, 6.45) is 24.8. The molecule has 6 unspecified atom stereocenters. The highest BCUT2D eigenvalue weighted by Crippen LogP contribution is 2.49. The summed E-state index contributed by atoms with van der Waals surface area (Å²) in [6.45, 7) is 2.94. The van der Waals surface area contributed by atoms with Crippen LogP contribution in [0.5, 0.6) is 0 Å². The van der Waals surface area contributed by atoms with Crippen LogP contribution in [0.1, 0.15) is 162 Å². The lowest BCUT2D eigenvalue weighted by molar-refractivity contribution is -0.216. The molecule has 0 amide bonds. The van der Waals surface area contributed by atoms with E-state index < -0.39 is 89.6 Å². The summed E-state index contributed by atoms with van der Waals surface area (Å²) in [4.78, 5) is 54.3. The van der Waals surface area contributed by atoms with Crippen molar-refractivity contribution in [1.82, 2.24) is 0 Å². The molecule has 1 aliphatic rings. The molecule has 0 aromatic heterocycles. The zero-order valence-electron chi connectivity index (χ0n) is 39.2. The van der Waals surface area contributed by atoms with Crippen molar-refractivity contribution in [3.05, 3.63) is 60.8 Å². The van der Waals surface area contributed by atoms with Gasteiger partial charge in [-0.3, -0.25) is 23.2 Å². The highest BCUT2D eigenvalue weighted by molar-refractivity contribution is 7.47. The van der Waals surface area contributed by atoms with Gasteiger partial charge in [0.15, 0.2) is 6.10 Å². The summed E-state index contributed by atoms with van der Waals surface area (Å²) < 4.78 is 49.2. The second kappa shape index (κ2) is 37.5. The molecule has 0 saturated heterocycles. The molecule has 1 rings (SSSR count). The molecule has 19 heteroatoms. The van der Waals surface area contributed by atoms with Gasteiger partial charge in [0.05, 0.1) is 12.7 Å². The van der Waals surface area contributed by atoms with Crippen LogP contribution in [-0.4, -0.2) is 114 Å². The maximum Gasteiger partial charge on any atom is 0.472 e. The van der Waals surface area contributed by atoms with Crippen molar-refractivity contribution < 1.29 is 82.0 Å². The number of phosphoric acid groups is 2. The van der Waals surface area contributed by atoms with E-state index >= 15 is 0 Å². The fourth-order valence-corrected chi connectivity index (χ4v) is 8.40. The van der Waals surface area contributed by atoms with Gasteiger partial charge in [0.2, 0.25) is 0 Å². The van der Waals surface area contributed by atoms with Crippen LogP contribution >= 0.6 is 15.6 Å². The quantitative estimate of drug-likeness (QED) is 0.00951. The number of hydrogen-bond acceptors (Lipinski definition) is 14. The topological polar surface area (TPSA) is 276 Å². The Kier molecular flexibility index (Phi) is 35.1. The Hall–Kier alpha value is -2.34. The number of aliphatic hydroxyl groups is 5. The van der Waals surface area contributed by atoms with E-state index in [1.54, 1.807) is 24.3 Å². The second-order valence-corrected chi connectivity index (χ2v) is 19.3. The van der Waals surface area contributed by atoms with Crippen molar-refractivity contribution >= 4 is 27.6 Å². The zero-order chi connectivity index (χ0) is 49.1. The van der Waals surface area contributed by atoms with Gasteiger partial charge in [-0.25, -0.2) is 9.13 Å². The Morgan fingerprint density at radius 3 is 1.71 bits per heavy atom. The van der Waals surface area contributed by atoms with Gasteiger partial charge < -0.3 is 49.7 Å².